The summed E-state index contributed by atoms with van der Waals surface area (Å²) < 4.78 is 130. The van der Waals surface area contributed by atoms with E-state index in [1.54, 1.807) is 0 Å². The van der Waals surface area contributed by atoms with Gasteiger partial charge in [0.2, 0.25) is 15.9 Å². The van der Waals surface area contributed by atoms with Crippen LogP contribution in [0.3, 0.4) is 0 Å². The number of aromatic amines is 1. The van der Waals surface area contributed by atoms with Crippen molar-refractivity contribution < 1.29 is 49.1 Å². The molecule has 1 aliphatic rings. The molecule has 0 bridgehead atoms. The number of fused-ring (bicyclic) bond motifs is 3. The van der Waals surface area contributed by atoms with Gasteiger partial charge in [0.1, 0.15) is 35.3 Å². The number of nitrogens with one attached hydrogen (secondary N) is 3. The van der Waals surface area contributed by atoms with Crippen molar-refractivity contribution in [1.29, 1.82) is 0 Å². The van der Waals surface area contributed by atoms with Crippen LogP contribution in [-0.2, 0) is 52.5 Å². The number of benzene rings is 2. The van der Waals surface area contributed by atoms with Crippen molar-refractivity contribution in [2.45, 2.75) is 63.0 Å². The number of anilines is 1. The number of nitrogens with two attached hydrogens (primary N) is 1. The molecule has 0 unspecified atom stereocenters. The number of carbonyl (C=O) groups excluding carboxylic acids is 1. The molecule has 7 rings (SSSR count). The smallest absolute Gasteiger partial charge is 0.383 e. The molecule has 0 radical (unpaired) electrons. The highest BCUT2D eigenvalue weighted by molar-refractivity contribution is 7.92. The van der Waals surface area contributed by atoms with E-state index in [2.05, 4.69) is 30.2 Å². The van der Waals surface area contributed by atoms with Gasteiger partial charge in [0.15, 0.2) is 17.2 Å². The number of amides is 1. The second kappa shape index (κ2) is 13.9. The fourth-order valence-electron chi connectivity index (χ4n) is 7.14. The molecule has 0 spiro atoms. The number of imidazole rings is 1. The lowest BCUT2D eigenvalue weighted by Gasteiger charge is -2.23. The van der Waals surface area contributed by atoms with E-state index in [9.17, 15) is 40.3 Å². The molecule has 4 aromatic heterocycles. The summed E-state index contributed by atoms with van der Waals surface area (Å²) in [6.45, 7) is 1.70. The maximum absolute atomic E-state index is 15.1. The Balaban J connectivity index is 1.43. The third-order valence-electron chi connectivity index (χ3n) is 9.36. The van der Waals surface area contributed by atoms with Gasteiger partial charge in [-0.15, -0.1) is 0 Å². The van der Waals surface area contributed by atoms with Crippen LogP contribution in [0.1, 0.15) is 66.4 Å². The zero-order chi connectivity index (χ0) is 42.4. The largest absolute Gasteiger partial charge is 0.435 e. The maximum atomic E-state index is 15.1. The normalized spacial score (nSPS) is 16.3. The van der Waals surface area contributed by atoms with Crippen molar-refractivity contribution in [3.8, 4) is 11.1 Å². The molecular weight excluding hydrogens is 825 g/mol. The van der Waals surface area contributed by atoms with Crippen LogP contribution in [0.15, 0.2) is 36.4 Å². The first kappa shape index (κ1) is 40.9. The van der Waals surface area contributed by atoms with Crippen molar-refractivity contribution in [3.05, 3.63) is 87.1 Å². The molecule has 2 aromatic carbocycles. The van der Waals surface area contributed by atoms with Gasteiger partial charge in [0.25, 0.3) is 5.92 Å². The zero-order valence-electron chi connectivity index (χ0n) is 30.6. The predicted molar refractivity (Wildman–Crippen MR) is 196 cm³/mol. The number of aliphatic hydroxyl groups is 1. The van der Waals surface area contributed by atoms with Crippen LogP contribution in [0, 0.1) is 11.6 Å². The molecule has 2 atom stereocenters. The monoisotopic (exact) mass is 856 g/mol. The Hall–Kier alpha value is -5.32. The molecule has 1 aliphatic carbocycles. The molecule has 308 valence electrons. The van der Waals surface area contributed by atoms with Crippen LogP contribution in [0.5, 0.6) is 0 Å². The van der Waals surface area contributed by atoms with Crippen LogP contribution in [0.2, 0.25) is 5.02 Å². The van der Waals surface area contributed by atoms with Crippen molar-refractivity contribution in [3.63, 3.8) is 0 Å². The molecule has 4 heterocycles. The number of halogens is 8. The summed E-state index contributed by atoms with van der Waals surface area (Å²) in [7, 11) is -2.40. The standard InChI is InChI=1S/C35H32ClF7N10O4S/c1-33(2,55)32-46-22-11-18(17-5-6-19(36)24-27(17)52(3)50-31(24)51-58(4,56)57)26(47-30(22)48-32)21(9-14-7-15(37)10-16(38)8-14)45-23(54)13-53-29-25(20(44)12-34(29,39)40)28(49-53)35(41,42)43/h5-8,10-11,20-21,55H,9,12-13,44H2,1-4H3,(H,45,54)(H,50,51)(H,46,47,48)/t20-,21-/m0/s1. The molecule has 23 heteroatoms. The van der Waals surface area contributed by atoms with Crippen molar-refractivity contribution in [2.75, 3.05) is 11.0 Å². The summed E-state index contributed by atoms with van der Waals surface area (Å²) in [6.07, 6.45) is -5.89. The van der Waals surface area contributed by atoms with Crippen LogP contribution in [-0.4, -0.2) is 60.2 Å². The van der Waals surface area contributed by atoms with E-state index >= 15 is 8.78 Å². The summed E-state index contributed by atoms with van der Waals surface area (Å²) in [4.78, 5) is 26.0. The van der Waals surface area contributed by atoms with E-state index in [1.165, 1.54) is 43.8 Å². The number of rotatable bonds is 10. The number of aryl methyl sites for hydroxylation is 1. The summed E-state index contributed by atoms with van der Waals surface area (Å²) in [5.74, 6) is -7.11. The van der Waals surface area contributed by atoms with Gasteiger partial charge in [-0.3, -0.25) is 18.9 Å². The highest BCUT2D eigenvalue weighted by Crippen LogP contribution is 2.50. The zero-order valence-corrected chi connectivity index (χ0v) is 32.2. The van der Waals surface area contributed by atoms with Gasteiger partial charge >= 0.3 is 6.18 Å². The first-order valence-corrected chi connectivity index (χ1v) is 19.4. The number of hydrogen-bond donors (Lipinski definition) is 5. The lowest BCUT2D eigenvalue weighted by Crippen LogP contribution is -2.35. The summed E-state index contributed by atoms with van der Waals surface area (Å²) in [5.41, 5.74) is 1.13. The number of pyridine rings is 1. The van der Waals surface area contributed by atoms with Gasteiger partial charge in [0.05, 0.1) is 39.4 Å². The Morgan fingerprint density at radius 1 is 1.10 bits per heavy atom. The van der Waals surface area contributed by atoms with E-state index in [-0.39, 0.29) is 65.8 Å². The molecule has 0 fully saturated rings. The Kier molecular flexibility index (Phi) is 9.80. The van der Waals surface area contributed by atoms with Crippen LogP contribution >= 0.6 is 11.6 Å². The minimum absolute atomic E-state index is 0.0245. The van der Waals surface area contributed by atoms with Crippen molar-refractivity contribution in [2.24, 2.45) is 12.8 Å². The number of sulfonamides is 1. The molecular formula is C35H32ClF7N10O4S. The molecule has 0 aliphatic heterocycles. The van der Waals surface area contributed by atoms with Crippen molar-refractivity contribution in [1.82, 2.24) is 39.8 Å². The summed E-state index contributed by atoms with van der Waals surface area (Å²) in [5, 5.41) is 21.2. The number of alkyl halides is 5. The van der Waals surface area contributed by atoms with Crippen LogP contribution < -0.4 is 15.8 Å². The van der Waals surface area contributed by atoms with E-state index < -0.39 is 93.7 Å². The van der Waals surface area contributed by atoms with Gasteiger partial charge in [-0.1, -0.05) is 17.7 Å². The predicted octanol–water partition coefficient (Wildman–Crippen LogP) is 5.85. The topological polar surface area (TPSA) is 199 Å². The summed E-state index contributed by atoms with van der Waals surface area (Å²) in [6, 6.07) is 3.81. The second-order valence-corrected chi connectivity index (χ2v) is 16.6. The fourth-order valence-corrected chi connectivity index (χ4v) is 7.87. The third-order valence-corrected chi connectivity index (χ3v) is 10.2. The Morgan fingerprint density at radius 3 is 2.40 bits per heavy atom. The summed E-state index contributed by atoms with van der Waals surface area (Å²) >= 11 is 6.58. The van der Waals surface area contributed by atoms with E-state index in [1.807, 2.05) is 0 Å². The minimum atomic E-state index is -5.19. The fraction of sp³-hybridized carbons (Fsp3) is 0.343. The molecule has 14 nitrogen and oxygen atoms in total. The number of carbonyl (C=O) groups is 1. The maximum Gasteiger partial charge on any atom is 0.435 e. The highest BCUT2D eigenvalue weighted by Gasteiger charge is 2.53. The van der Waals surface area contributed by atoms with E-state index in [0.717, 1.165) is 18.4 Å². The average Bonchev–Trinajstić information content (AvgIpc) is 3.81. The number of hydrogen-bond acceptors (Lipinski definition) is 9. The first-order chi connectivity index (χ1) is 26.8. The minimum Gasteiger partial charge on any atom is -0.383 e. The van der Waals surface area contributed by atoms with Crippen molar-refractivity contribution >= 4 is 55.4 Å². The molecule has 0 saturated heterocycles. The first-order valence-electron chi connectivity index (χ1n) is 17.1. The molecule has 0 saturated carbocycles. The van der Waals surface area contributed by atoms with Gasteiger partial charge < -0.3 is 21.1 Å². The van der Waals surface area contributed by atoms with Gasteiger partial charge in [-0.25, -0.2) is 27.2 Å². The number of H-pyrrole nitrogens is 1. The van der Waals surface area contributed by atoms with E-state index in [0.29, 0.717) is 6.07 Å². The Morgan fingerprint density at radius 2 is 1.78 bits per heavy atom. The number of nitrogens with zero attached hydrogens (tertiary/aromatic N) is 6. The number of aromatic nitrogens is 7. The van der Waals surface area contributed by atoms with Crippen LogP contribution in [0.4, 0.5) is 36.6 Å². The molecule has 6 aromatic rings. The Labute approximate surface area is 328 Å². The molecule has 6 N–H and O–H groups in total. The quantitative estimate of drug-likeness (QED) is 0.105. The van der Waals surface area contributed by atoms with Gasteiger partial charge in [0, 0.05) is 42.3 Å². The SMILES string of the molecule is Cn1nc(NS(C)(=O)=O)c2c(Cl)ccc(-c3cc4[nH]c(C(C)(C)O)nc4nc3[C@H](Cc3cc(F)cc(F)c3)NC(=O)Cn3nc(C(F)(F)F)c4c3C(F)(F)C[C@@H]4N)c21. The third kappa shape index (κ3) is 7.67. The lowest BCUT2D eigenvalue weighted by atomic mass is 9.94. The lowest BCUT2D eigenvalue weighted by molar-refractivity contribution is -0.142. The highest BCUT2D eigenvalue weighted by atomic mass is 35.5. The molecule has 58 heavy (non-hydrogen) atoms. The van der Waals surface area contributed by atoms with Crippen LogP contribution in [0.25, 0.3) is 33.2 Å². The van der Waals surface area contributed by atoms with Gasteiger partial charge in [-0.05, 0) is 50.1 Å². The van der Waals surface area contributed by atoms with E-state index in [4.69, 9.17) is 22.3 Å². The Bertz CT molecular complexity index is 2740. The van der Waals surface area contributed by atoms with Gasteiger partial charge in [-0.2, -0.15) is 32.1 Å². The second-order valence-electron chi connectivity index (χ2n) is 14.5. The average molecular weight is 857 g/mol. The molecule has 1 amide bonds.